The molecule has 1 amide bonds. The van der Waals surface area contributed by atoms with Gasteiger partial charge in [-0.25, -0.2) is 4.98 Å². The monoisotopic (exact) mass is 383 g/mol. The number of nitrogens with one attached hydrogen (secondary N) is 1. The topological polar surface area (TPSA) is 45.2 Å². The lowest BCUT2D eigenvalue weighted by molar-refractivity contribution is -0.136. The quantitative estimate of drug-likeness (QED) is 0.766. The summed E-state index contributed by atoms with van der Waals surface area (Å²) in [5.74, 6) is 1.65. The van der Waals surface area contributed by atoms with Crippen LogP contribution < -0.4 is 5.32 Å². The van der Waals surface area contributed by atoms with Crippen molar-refractivity contribution < 1.29 is 4.79 Å². The van der Waals surface area contributed by atoms with Crippen LogP contribution in [0.4, 0.5) is 5.82 Å². The van der Waals surface area contributed by atoms with Crippen LogP contribution in [-0.2, 0) is 4.79 Å². The number of carbonyl (C=O) groups excluding carboxylic acids is 1. The van der Waals surface area contributed by atoms with Crippen LogP contribution in [0.1, 0.15) is 44.1 Å². The first-order valence-electron chi connectivity index (χ1n) is 10.1. The van der Waals surface area contributed by atoms with Gasteiger partial charge in [-0.2, -0.15) is 0 Å². The van der Waals surface area contributed by atoms with E-state index in [9.17, 15) is 4.79 Å². The second-order valence-electron chi connectivity index (χ2n) is 7.93. The molecule has 0 atom stereocenters. The van der Waals surface area contributed by atoms with Gasteiger partial charge in [0.2, 0.25) is 5.91 Å². The fraction of sp³-hybridized carbons (Fsp3) is 0.545. The molecule has 1 saturated carbocycles. The molecule has 5 heteroatoms. The first-order chi connectivity index (χ1) is 13.1. The second-order valence-corrected chi connectivity index (χ2v) is 8.81. The van der Waals surface area contributed by atoms with Crippen molar-refractivity contribution >= 4 is 34.4 Å². The highest BCUT2D eigenvalue weighted by molar-refractivity contribution is 7.98. The highest BCUT2D eigenvalue weighted by Crippen LogP contribution is 2.29. The summed E-state index contributed by atoms with van der Waals surface area (Å²) in [6.07, 6.45) is 8.73. The maximum atomic E-state index is 12.6. The van der Waals surface area contributed by atoms with Crippen LogP contribution in [0.5, 0.6) is 0 Å². The summed E-state index contributed by atoms with van der Waals surface area (Å²) in [5, 5.41) is 4.84. The van der Waals surface area contributed by atoms with Gasteiger partial charge in [0, 0.05) is 35.3 Å². The van der Waals surface area contributed by atoms with Gasteiger partial charge in [0.1, 0.15) is 5.82 Å². The lowest BCUT2D eigenvalue weighted by Crippen LogP contribution is -2.44. The van der Waals surface area contributed by atoms with E-state index in [2.05, 4.69) is 47.7 Å². The predicted molar refractivity (Wildman–Crippen MR) is 113 cm³/mol. The standard InChI is InChI=1S/C22H29N3OS/c1-15-13-21(24-20-14-18(27-2)7-8-19(15)20)23-17-9-11-25(12-10-17)22(26)16-5-3-4-6-16/h7-8,13-14,16-17H,3-6,9-12H2,1-2H3,(H,23,24). The molecule has 2 fully saturated rings. The van der Waals surface area contributed by atoms with Gasteiger partial charge in [0.05, 0.1) is 5.52 Å². The Balaban J connectivity index is 1.40. The van der Waals surface area contributed by atoms with E-state index in [1.165, 1.54) is 28.7 Å². The number of hydrogen-bond donors (Lipinski definition) is 1. The van der Waals surface area contributed by atoms with Gasteiger partial charge in [0.25, 0.3) is 0 Å². The van der Waals surface area contributed by atoms with Crippen molar-refractivity contribution in [3.63, 3.8) is 0 Å². The van der Waals surface area contributed by atoms with Crippen molar-refractivity contribution in [2.45, 2.75) is 56.4 Å². The Labute approximate surface area is 166 Å². The van der Waals surface area contributed by atoms with Crippen LogP contribution >= 0.6 is 11.8 Å². The maximum absolute atomic E-state index is 12.6. The number of rotatable bonds is 4. The fourth-order valence-electron chi connectivity index (χ4n) is 4.47. The Hall–Kier alpha value is -1.75. The van der Waals surface area contributed by atoms with Gasteiger partial charge in [-0.3, -0.25) is 4.79 Å². The molecule has 2 heterocycles. The Morgan fingerprint density at radius 1 is 1.15 bits per heavy atom. The zero-order chi connectivity index (χ0) is 18.8. The van der Waals surface area contributed by atoms with Crippen molar-refractivity contribution in [2.24, 2.45) is 5.92 Å². The zero-order valence-electron chi connectivity index (χ0n) is 16.3. The number of likely N-dealkylation sites (tertiary alicyclic amines) is 1. The summed E-state index contributed by atoms with van der Waals surface area (Å²) in [6.45, 7) is 3.89. The van der Waals surface area contributed by atoms with Crippen molar-refractivity contribution in [3.05, 3.63) is 29.8 Å². The highest BCUT2D eigenvalue weighted by Gasteiger charge is 2.30. The molecule has 0 spiro atoms. The van der Waals surface area contributed by atoms with Gasteiger partial charge >= 0.3 is 0 Å². The fourth-order valence-corrected chi connectivity index (χ4v) is 4.90. The van der Waals surface area contributed by atoms with E-state index in [0.717, 1.165) is 50.1 Å². The van der Waals surface area contributed by atoms with E-state index in [1.807, 2.05) is 0 Å². The van der Waals surface area contributed by atoms with Gasteiger partial charge in [-0.05, 0) is 62.6 Å². The molecule has 0 radical (unpaired) electrons. The van der Waals surface area contributed by atoms with Crippen molar-refractivity contribution in [1.29, 1.82) is 0 Å². The molecule has 1 aliphatic heterocycles. The van der Waals surface area contributed by atoms with Crippen LogP contribution in [0, 0.1) is 12.8 Å². The van der Waals surface area contributed by atoms with E-state index in [4.69, 9.17) is 4.98 Å². The summed E-state index contributed by atoms with van der Waals surface area (Å²) in [4.78, 5) is 20.8. The van der Waals surface area contributed by atoms with E-state index in [1.54, 1.807) is 11.8 Å². The molecule has 0 unspecified atom stereocenters. The molecule has 2 aliphatic rings. The second kappa shape index (κ2) is 8.09. The molecule has 0 bridgehead atoms. The predicted octanol–water partition coefficient (Wildman–Crippen LogP) is 4.86. The van der Waals surface area contributed by atoms with Gasteiger partial charge in [-0.1, -0.05) is 18.9 Å². The molecule has 1 N–H and O–H groups in total. The molecule has 4 rings (SSSR count). The van der Waals surface area contributed by atoms with Crippen LogP contribution in [0.25, 0.3) is 10.9 Å². The summed E-state index contributed by atoms with van der Waals surface area (Å²) in [5.41, 5.74) is 2.31. The van der Waals surface area contributed by atoms with Crippen molar-refractivity contribution in [1.82, 2.24) is 9.88 Å². The highest BCUT2D eigenvalue weighted by atomic mass is 32.2. The molecule has 1 aromatic carbocycles. The Bertz CT molecular complexity index is 824. The molecule has 1 saturated heterocycles. The number of hydrogen-bond acceptors (Lipinski definition) is 4. The number of aromatic nitrogens is 1. The zero-order valence-corrected chi connectivity index (χ0v) is 17.1. The molecular formula is C22H29N3OS. The Morgan fingerprint density at radius 2 is 1.89 bits per heavy atom. The maximum Gasteiger partial charge on any atom is 0.225 e. The van der Waals surface area contributed by atoms with Crippen molar-refractivity contribution in [3.8, 4) is 0 Å². The van der Waals surface area contributed by atoms with Crippen LogP contribution in [-0.4, -0.2) is 41.2 Å². The van der Waals surface area contributed by atoms with Gasteiger partial charge in [0.15, 0.2) is 0 Å². The van der Waals surface area contributed by atoms with Crippen LogP contribution in [0.2, 0.25) is 0 Å². The van der Waals surface area contributed by atoms with Crippen LogP contribution in [0.15, 0.2) is 29.2 Å². The number of aryl methyl sites for hydroxylation is 1. The van der Waals surface area contributed by atoms with Gasteiger partial charge < -0.3 is 10.2 Å². The first-order valence-corrected chi connectivity index (χ1v) is 11.4. The normalized spacial score (nSPS) is 19.0. The summed E-state index contributed by atoms with van der Waals surface area (Å²) < 4.78 is 0. The Kier molecular flexibility index (Phi) is 5.58. The lowest BCUT2D eigenvalue weighted by Gasteiger charge is -2.34. The van der Waals surface area contributed by atoms with E-state index in [0.29, 0.717) is 17.9 Å². The third-order valence-corrected chi connectivity index (χ3v) is 6.81. The summed E-state index contributed by atoms with van der Waals surface area (Å²) in [7, 11) is 0. The number of nitrogens with zero attached hydrogens (tertiary/aromatic N) is 2. The minimum atomic E-state index is 0.296. The smallest absolute Gasteiger partial charge is 0.225 e. The third-order valence-electron chi connectivity index (χ3n) is 6.09. The minimum absolute atomic E-state index is 0.296. The van der Waals surface area contributed by atoms with Crippen LogP contribution in [0.3, 0.4) is 0 Å². The molecule has 144 valence electrons. The molecule has 27 heavy (non-hydrogen) atoms. The molecule has 2 aromatic rings. The number of fused-ring (bicyclic) bond motifs is 1. The molecule has 4 nitrogen and oxygen atoms in total. The van der Waals surface area contributed by atoms with Crippen molar-refractivity contribution in [2.75, 3.05) is 24.7 Å². The number of amides is 1. The SMILES string of the molecule is CSc1ccc2c(C)cc(NC3CCN(C(=O)C4CCCC4)CC3)nc2c1. The summed E-state index contributed by atoms with van der Waals surface area (Å²) >= 11 is 1.75. The number of anilines is 1. The molecular weight excluding hydrogens is 354 g/mol. The average Bonchev–Trinajstić information content (AvgIpc) is 3.22. The number of carbonyl (C=O) groups is 1. The number of thioether (sulfide) groups is 1. The minimum Gasteiger partial charge on any atom is -0.367 e. The number of piperidine rings is 1. The van der Waals surface area contributed by atoms with E-state index >= 15 is 0 Å². The van der Waals surface area contributed by atoms with E-state index in [-0.39, 0.29) is 0 Å². The summed E-state index contributed by atoms with van der Waals surface area (Å²) in [6, 6.07) is 9.04. The lowest BCUT2D eigenvalue weighted by atomic mass is 10.0. The Morgan fingerprint density at radius 3 is 2.59 bits per heavy atom. The van der Waals surface area contributed by atoms with E-state index < -0.39 is 0 Å². The molecule has 1 aromatic heterocycles. The van der Waals surface area contributed by atoms with Gasteiger partial charge in [-0.15, -0.1) is 11.8 Å². The molecule has 1 aliphatic carbocycles. The largest absolute Gasteiger partial charge is 0.367 e. The first kappa shape index (κ1) is 18.6. The number of pyridine rings is 1. The average molecular weight is 384 g/mol. The third kappa shape index (κ3) is 4.08. The number of benzene rings is 1.